The van der Waals surface area contributed by atoms with Crippen molar-refractivity contribution in [2.75, 3.05) is 5.32 Å². The summed E-state index contributed by atoms with van der Waals surface area (Å²) in [5.41, 5.74) is 5.35. The maximum absolute atomic E-state index is 6.15. The first-order valence-corrected chi connectivity index (χ1v) is 9.90. The van der Waals surface area contributed by atoms with Crippen molar-refractivity contribution in [1.82, 2.24) is 5.32 Å². The van der Waals surface area contributed by atoms with E-state index in [2.05, 4.69) is 41.0 Å². The lowest BCUT2D eigenvalue weighted by Gasteiger charge is -2.13. The van der Waals surface area contributed by atoms with Crippen molar-refractivity contribution in [2.24, 2.45) is 0 Å². The first-order valence-electron chi connectivity index (χ1n) is 9.11. The Balaban J connectivity index is 1.48. The predicted octanol–water partition coefficient (Wildman–Crippen LogP) is 5.85. The number of anilines is 1. The van der Waals surface area contributed by atoms with E-state index in [-0.39, 0.29) is 0 Å². The van der Waals surface area contributed by atoms with Gasteiger partial charge in [0.1, 0.15) is 0 Å². The lowest BCUT2D eigenvalue weighted by molar-refractivity contribution is 0.107. The summed E-state index contributed by atoms with van der Waals surface area (Å²) in [4.78, 5) is 0. The van der Waals surface area contributed by atoms with E-state index in [9.17, 15) is 0 Å². The minimum Gasteiger partial charge on any atom is -0.372 e. The Morgan fingerprint density at radius 1 is 0.893 bits per heavy atom. The lowest BCUT2D eigenvalue weighted by Crippen LogP contribution is -2.28. The number of hydrogen-bond acceptors (Lipinski definition) is 2. The lowest BCUT2D eigenvalue weighted by atomic mass is 10.1. The van der Waals surface area contributed by atoms with Gasteiger partial charge in [0.05, 0.1) is 13.2 Å². The summed E-state index contributed by atoms with van der Waals surface area (Å²) in [6.45, 7) is 3.79. The van der Waals surface area contributed by atoms with Crippen LogP contribution in [0.15, 0.2) is 72.8 Å². The number of thiocarbonyl (C=S) groups is 1. The van der Waals surface area contributed by atoms with Gasteiger partial charge in [0.15, 0.2) is 5.11 Å². The van der Waals surface area contributed by atoms with E-state index in [1.807, 2.05) is 49.4 Å². The Hall–Kier alpha value is -2.40. The predicted molar refractivity (Wildman–Crippen MR) is 121 cm³/mol. The van der Waals surface area contributed by atoms with Gasteiger partial charge in [-0.1, -0.05) is 72.3 Å². The summed E-state index contributed by atoms with van der Waals surface area (Å²) < 4.78 is 5.82. The van der Waals surface area contributed by atoms with Crippen LogP contribution in [0, 0.1) is 6.92 Å². The van der Waals surface area contributed by atoms with Crippen LogP contribution in [0.3, 0.4) is 0 Å². The molecule has 0 aliphatic carbocycles. The van der Waals surface area contributed by atoms with Gasteiger partial charge in [-0.2, -0.15) is 0 Å². The van der Waals surface area contributed by atoms with E-state index in [0.29, 0.717) is 24.9 Å². The first-order chi connectivity index (χ1) is 13.6. The number of hydrogen-bond donors (Lipinski definition) is 2. The molecular formula is C23H23ClN2OS. The molecule has 0 aromatic heterocycles. The van der Waals surface area contributed by atoms with E-state index in [1.54, 1.807) is 0 Å². The largest absolute Gasteiger partial charge is 0.372 e. The number of nitrogens with one attached hydrogen (secondary N) is 2. The van der Waals surface area contributed by atoms with Crippen molar-refractivity contribution in [2.45, 2.75) is 26.7 Å². The second-order valence-corrected chi connectivity index (χ2v) is 7.33. The summed E-state index contributed by atoms with van der Waals surface area (Å²) in [7, 11) is 0. The van der Waals surface area contributed by atoms with Gasteiger partial charge in [0, 0.05) is 17.3 Å². The van der Waals surface area contributed by atoms with Crippen molar-refractivity contribution >= 4 is 34.6 Å². The molecule has 0 spiro atoms. The Kier molecular flexibility index (Phi) is 7.43. The molecule has 0 unspecified atom stereocenters. The fourth-order valence-corrected chi connectivity index (χ4v) is 3.14. The molecule has 0 atom stereocenters. The van der Waals surface area contributed by atoms with Crippen molar-refractivity contribution in [1.29, 1.82) is 0 Å². The van der Waals surface area contributed by atoms with Gasteiger partial charge < -0.3 is 15.4 Å². The topological polar surface area (TPSA) is 33.3 Å². The molecule has 0 fully saturated rings. The molecule has 3 aromatic rings. The average Bonchev–Trinajstić information content (AvgIpc) is 2.71. The number of rotatable bonds is 7. The van der Waals surface area contributed by atoms with Gasteiger partial charge in [0.2, 0.25) is 0 Å². The third-order valence-corrected chi connectivity index (χ3v) is 5.00. The maximum atomic E-state index is 6.15. The fourth-order valence-electron chi connectivity index (χ4n) is 2.78. The highest BCUT2D eigenvalue weighted by Crippen LogP contribution is 2.22. The van der Waals surface area contributed by atoms with Crippen molar-refractivity contribution in [3.8, 4) is 0 Å². The average molecular weight is 411 g/mol. The quantitative estimate of drug-likeness (QED) is 0.478. The highest BCUT2D eigenvalue weighted by molar-refractivity contribution is 7.80. The maximum Gasteiger partial charge on any atom is 0.171 e. The van der Waals surface area contributed by atoms with Crippen molar-refractivity contribution in [3.05, 3.63) is 100 Å². The molecule has 0 radical (unpaired) electrons. The zero-order valence-electron chi connectivity index (χ0n) is 15.7. The second-order valence-electron chi connectivity index (χ2n) is 6.52. The molecule has 5 heteroatoms. The highest BCUT2D eigenvalue weighted by Gasteiger charge is 2.04. The molecule has 3 rings (SSSR count). The van der Waals surface area contributed by atoms with Crippen LogP contribution in [-0.4, -0.2) is 5.11 Å². The van der Waals surface area contributed by atoms with E-state index >= 15 is 0 Å². The summed E-state index contributed by atoms with van der Waals surface area (Å²) in [5.74, 6) is 0. The van der Waals surface area contributed by atoms with Gasteiger partial charge in [-0.3, -0.25) is 0 Å². The van der Waals surface area contributed by atoms with Crippen LogP contribution in [0.4, 0.5) is 5.69 Å². The minimum absolute atomic E-state index is 0.566. The molecule has 0 saturated carbocycles. The Morgan fingerprint density at radius 3 is 2.39 bits per heavy atom. The highest BCUT2D eigenvalue weighted by atomic mass is 35.5. The SMILES string of the molecule is Cc1c(Cl)cccc1NC(=S)NCc1cccc(COCc2ccccc2)c1. The van der Waals surface area contributed by atoms with Crippen LogP contribution < -0.4 is 10.6 Å². The van der Waals surface area contributed by atoms with Gasteiger partial charge in [0.25, 0.3) is 0 Å². The zero-order chi connectivity index (χ0) is 19.8. The van der Waals surface area contributed by atoms with Gasteiger partial charge in [-0.15, -0.1) is 0 Å². The standard InChI is InChI=1S/C23H23ClN2OS/c1-17-21(24)11-6-12-22(17)26-23(28)25-14-19-9-5-10-20(13-19)16-27-15-18-7-3-2-4-8-18/h2-13H,14-16H2,1H3,(H2,25,26,28). The molecule has 0 saturated heterocycles. The summed E-state index contributed by atoms with van der Waals surface area (Å²) in [6.07, 6.45) is 0. The van der Waals surface area contributed by atoms with E-state index < -0.39 is 0 Å². The van der Waals surface area contributed by atoms with Gasteiger partial charge in [-0.05, 0) is 53.5 Å². The molecule has 3 aromatic carbocycles. The molecule has 3 nitrogen and oxygen atoms in total. The molecule has 0 bridgehead atoms. The third-order valence-electron chi connectivity index (χ3n) is 4.34. The second kappa shape index (κ2) is 10.2. The molecule has 0 amide bonds. The van der Waals surface area contributed by atoms with Crippen LogP contribution in [0.25, 0.3) is 0 Å². The van der Waals surface area contributed by atoms with E-state index in [1.165, 1.54) is 5.56 Å². The normalized spacial score (nSPS) is 10.5. The molecular weight excluding hydrogens is 388 g/mol. The van der Waals surface area contributed by atoms with E-state index in [4.69, 9.17) is 28.6 Å². The molecule has 28 heavy (non-hydrogen) atoms. The Morgan fingerprint density at radius 2 is 1.57 bits per heavy atom. The van der Waals surface area contributed by atoms with Crippen LogP contribution in [0.1, 0.15) is 22.3 Å². The van der Waals surface area contributed by atoms with Gasteiger partial charge >= 0.3 is 0 Å². The van der Waals surface area contributed by atoms with Crippen molar-refractivity contribution in [3.63, 3.8) is 0 Å². The minimum atomic E-state index is 0.566. The number of halogens is 1. The molecule has 2 N–H and O–H groups in total. The van der Waals surface area contributed by atoms with Crippen LogP contribution in [0.2, 0.25) is 5.02 Å². The summed E-state index contributed by atoms with van der Waals surface area (Å²) in [5, 5.41) is 7.72. The van der Waals surface area contributed by atoms with Crippen LogP contribution in [-0.2, 0) is 24.5 Å². The third kappa shape index (κ3) is 6.06. The van der Waals surface area contributed by atoms with Gasteiger partial charge in [-0.25, -0.2) is 0 Å². The molecule has 0 heterocycles. The first kappa shape index (κ1) is 20.3. The summed E-state index contributed by atoms with van der Waals surface area (Å²) >= 11 is 11.6. The van der Waals surface area contributed by atoms with Crippen LogP contribution >= 0.6 is 23.8 Å². The Labute approximate surface area is 176 Å². The molecule has 0 aliphatic heterocycles. The van der Waals surface area contributed by atoms with Crippen LogP contribution in [0.5, 0.6) is 0 Å². The summed E-state index contributed by atoms with van der Waals surface area (Å²) in [6, 6.07) is 24.2. The van der Waals surface area contributed by atoms with Crippen molar-refractivity contribution < 1.29 is 4.74 Å². The van der Waals surface area contributed by atoms with E-state index in [0.717, 1.165) is 27.4 Å². The monoisotopic (exact) mass is 410 g/mol. The number of benzene rings is 3. The molecule has 144 valence electrons. The number of ether oxygens (including phenoxy) is 1. The fraction of sp³-hybridized carbons (Fsp3) is 0.174. The Bertz CT molecular complexity index is 931. The zero-order valence-corrected chi connectivity index (χ0v) is 17.3. The molecule has 0 aliphatic rings. The smallest absolute Gasteiger partial charge is 0.171 e.